The Kier molecular flexibility index (Phi) is 8.87. The number of hydrogen-bond acceptors (Lipinski definition) is 6. The van der Waals surface area contributed by atoms with E-state index in [2.05, 4.69) is 38.8 Å². The largest absolute Gasteiger partial charge is 0.392 e. The Bertz CT molecular complexity index is 919. The van der Waals surface area contributed by atoms with Gasteiger partial charge in [-0.25, -0.2) is 0 Å². The molecule has 2 aromatic rings. The number of allylic oxidation sites excluding steroid dienone is 5. The molecule has 164 valence electrons. The molecule has 0 spiro atoms. The van der Waals surface area contributed by atoms with Crippen LogP contribution in [0.4, 0.5) is 0 Å². The average Bonchev–Trinajstić information content (AvgIpc) is 3.39. The number of ether oxygens (including phenoxy) is 1. The summed E-state index contributed by atoms with van der Waals surface area (Å²) >= 11 is 0. The first-order valence-electron chi connectivity index (χ1n) is 10.7. The molecule has 1 aromatic heterocycles. The number of H-pyrrole nitrogens is 1. The summed E-state index contributed by atoms with van der Waals surface area (Å²) in [5, 5.41) is 24.3. The Hall–Kier alpha value is -2.90. The standard InChI is InChI=1S/C24H30N4O3/c1-31-17-19-8-6-7-18(15-19)16-21(29)12-13-22-20(11-14-23(22)30)9-4-2-3-5-10-24-25-27-28-26-24/h2,4,6-8,11,13-15,20-21,29H,3,5,9-10,12,16-17H2,1H3,(H,25,26,27,28)/b4-2-,22-13+/t20-,21+/m0/s1. The maximum Gasteiger partial charge on any atom is 0.181 e. The van der Waals surface area contributed by atoms with E-state index in [1.165, 1.54) is 0 Å². The number of carbonyl (C=O) groups excluding carboxylic acids is 1. The number of aliphatic hydroxyl groups is 1. The molecule has 0 aliphatic heterocycles. The molecule has 0 unspecified atom stereocenters. The van der Waals surface area contributed by atoms with Crippen molar-refractivity contribution in [2.24, 2.45) is 5.92 Å². The number of aryl methyl sites for hydroxylation is 1. The number of methoxy groups -OCH3 is 1. The van der Waals surface area contributed by atoms with Gasteiger partial charge < -0.3 is 9.84 Å². The summed E-state index contributed by atoms with van der Waals surface area (Å²) in [7, 11) is 1.67. The lowest BCUT2D eigenvalue weighted by molar-refractivity contribution is -0.111. The monoisotopic (exact) mass is 422 g/mol. The predicted molar refractivity (Wildman–Crippen MR) is 118 cm³/mol. The number of tetrazole rings is 1. The van der Waals surface area contributed by atoms with Crippen molar-refractivity contribution in [3.05, 3.63) is 77.2 Å². The average molecular weight is 423 g/mol. The second-order valence-electron chi connectivity index (χ2n) is 7.76. The second kappa shape index (κ2) is 12.1. The number of nitrogens with one attached hydrogen (secondary N) is 1. The topological polar surface area (TPSA) is 101 Å². The summed E-state index contributed by atoms with van der Waals surface area (Å²) in [5.41, 5.74) is 2.94. The SMILES string of the molecule is COCc1cccc(C[C@H](O)C/C=C2/C(=O)C=C[C@@H]2C/C=C\CCCc2nn[nH]n2)c1. The number of benzene rings is 1. The van der Waals surface area contributed by atoms with Gasteiger partial charge in [-0.15, -0.1) is 10.2 Å². The fourth-order valence-electron chi connectivity index (χ4n) is 3.70. The third-order valence-electron chi connectivity index (χ3n) is 5.26. The van der Waals surface area contributed by atoms with E-state index in [1.54, 1.807) is 13.2 Å². The molecule has 1 aliphatic carbocycles. The fraction of sp³-hybridized carbons (Fsp3) is 0.417. The third-order valence-corrected chi connectivity index (χ3v) is 5.26. The van der Waals surface area contributed by atoms with Crippen molar-refractivity contribution >= 4 is 5.78 Å². The molecule has 7 heteroatoms. The van der Waals surface area contributed by atoms with Crippen LogP contribution in [0.3, 0.4) is 0 Å². The van der Waals surface area contributed by atoms with E-state index in [9.17, 15) is 9.90 Å². The van der Waals surface area contributed by atoms with Crippen molar-refractivity contribution in [2.75, 3.05) is 7.11 Å². The van der Waals surface area contributed by atoms with Gasteiger partial charge in [-0.2, -0.15) is 5.21 Å². The lowest BCUT2D eigenvalue weighted by Crippen LogP contribution is -2.11. The Morgan fingerprint density at radius 2 is 2.16 bits per heavy atom. The Morgan fingerprint density at radius 1 is 1.29 bits per heavy atom. The smallest absolute Gasteiger partial charge is 0.181 e. The van der Waals surface area contributed by atoms with Gasteiger partial charge in [-0.05, 0) is 49.3 Å². The van der Waals surface area contributed by atoms with Crippen LogP contribution in [0.1, 0.15) is 42.6 Å². The van der Waals surface area contributed by atoms with Crippen LogP contribution in [0, 0.1) is 5.92 Å². The summed E-state index contributed by atoms with van der Waals surface area (Å²) in [6, 6.07) is 8.04. The molecular weight excluding hydrogens is 392 g/mol. The van der Waals surface area contributed by atoms with Gasteiger partial charge >= 0.3 is 0 Å². The molecular formula is C24H30N4O3. The number of ketones is 1. The lowest BCUT2D eigenvalue weighted by atomic mass is 9.95. The summed E-state index contributed by atoms with van der Waals surface area (Å²) < 4.78 is 5.17. The van der Waals surface area contributed by atoms with Crippen LogP contribution in [-0.2, 0) is 29.0 Å². The molecule has 2 N–H and O–H groups in total. The van der Waals surface area contributed by atoms with Crippen LogP contribution in [0.25, 0.3) is 0 Å². The van der Waals surface area contributed by atoms with E-state index in [-0.39, 0.29) is 11.7 Å². The zero-order valence-electron chi connectivity index (χ0n) is 17.9. The Balaban J connectivity index is 1.45. The summed E-state index contributed by atoms with van der Waals surface area (Å²) in [6.45, 7) is 0.556. The first-order valence-corrected chi connectivity index (χ1v) is 10.7. The van der Waals surface area contributed by atoms with Crippen LogP contribution >= 0.6 is 0 Å². The summed E-state index contributed by atoms with van der Waals surface area (Å²) in [5.74, 6) is 0.856. The van der Waals surface area contributed by atoms with Crippen molar-refractivity contribution in [3.8, 4) is 0 Å². The molecule has 0 amide bonds. The predicted octanol–water partition coefficient (Wildman–Crippen LogP) is 3.29. The van der Waals surface area contributed by atoms with E-state index < -0.39 is 6.10 Å². The van der Waals surface area contributed by atoms with Crippen LogP contribution in [0.15, 0.2) is 60.2 Å². The molecule has 2 atom stereocenters. The second-order valence-corrected chi connectivity index (χ2v) is 7.76. The minimum absolute atomic E-state index is 0.0461. The van der Waals surface area contributed by atoms with Gasteiger partial charge in [0, 0.05) is 25.0 Å². The van der Waals surface area contributed by atoms with Gasteiger partial charge in [0.25, 0.3) is 0 Å². The number of nitrogens with zero attached hydrogens (tertiary/aromatic N) is 3. The minimum Gasteiger partial charge on any atom is -0.392 e. The van der Waals surface area contributed by atoms with Crippen LogP contribution in [0.2, 0.25) is 0 Å². The number of unbranched alkanes of at least 4 members (excludes halogenated alkanes) is 1. The molecule has 0 saturated carbocycles. The molecule has 0 radical (unpaired) electrons. The van der Waals surface area contributed by atoms with E-state index in [1.807, 2.05) is 30.4 Å². The summed E-state index contributed by atoms with van der Waals surface area (Å²) in [6.07, 6.45) is 13.7. The van der Waals surface area contributed by atoms with Crippen molar-refractivity contribution in [1.29, 1.82) is 0 Å². The molecule has 7 nitrogen and oxygen atoms in total. The Labute approximate surface area is 182 Å². The molecule has 0 fully saturated rings. The van der Waals surface area contributed by atoms with Gasteiger partial charge in [0.1, 0.15) is 0 Å². The zero-order valence-corrected chi connectivity index (χ0v) is 17.9. The zero-order chi connectivity index (χ0) is 21.9. The summed E-state index contributed by atoms with van der Waals surface area (Å²) in [4.78, 5) is 12.2. The molecule has 1 aromatic carbocycles. The highest BCUT2D eigenvalue weighted by atomic mass is 16.5. The fourth-order valence-corrected chi connectivity index (χ4v) is 3.70. The molecule has 0 saturated heterocycles. The maximum absolute atomic E-state index is 12.2. The number of aromatic amines is 1. The maximum atomic E-state index is 12.2. The van der Waals surface area contributed by atoms with Crippen molar-refractivity contribution in [2.45, 2.75) is 51.2 Å². The lowest BCUT2D eigenvalue weighted by Gasteiger charge is -2.12. The van der Waals surface area contributed by atoms with Crippen LogP contribution < -0.4 is 0 Å². The first-order chi connectivity index (χ1) is 15.2. The molecule has 0 bridgehead atoms. The van der Waals surface area contributed by atoms with Gasteiger partial charge in [-0.3, -0.25) is 4.79 Å². The van der Waals surface area contributed by atoms with Crippen LogP contribution in [0.5, 0.6) is 0 Å². The van der Waals surface area contributed by atoms with E-state index in [0.717, 1.165) is 48.2 Å². The van der Waals surface area contributed by atoms with Crippen molar-refractivity contribution < 1.29 is 14.6 Å². The normalized spacial score (nSPS) is 18.5. The minimum atomic E-state index is -0.528. The van der Waals surface area contributed by atoms with E-state index in [4.69, 9.17) is 4.74 Å². The number of aliphatic hydroxyl groups excluding tert-OH is 1. The number of aromatic nitrogens is 4. The van der Waals surface area contributed by atoms with Gasteiger partial charge in [-0.1, -0.05) is 53.8 Å². The first kappa shape index (κ1) is 22.8. The molecule has 1 aliphatic rings. The highest BCUT2D eigenvalue weighted by Crippen LogP contribution is 2.26. The highest BCUT2D eigenvalue weighted by Gasteiger charge is 2.22. The highest BCUT2D eigenvalue weighted by molar-refractivity contribution is 6.07. The molecule has 3 rings (SSSR count). The molecule has 1 heterocycles. The quantitative estimate of drug-likeness (QED) is 0.309. The van der Waals surface area contributed by atoms with Crippen LogP contribution in [-0.4, -0.2) is 44.7 Å². The Morgan fingerprint density at radius 3 is 2.97 bits per heavy atom. The van der Waals surface area contributed by atoms with Gasteiger partial charge in [0.05, 0.1) is 12.7 Å². The molecule has 31 heavy (non-hydrogen) atoms. The van der Waals surface area contributed by atoms with Crippen molar-refractivity contribution in [1.82, 2.24) is 20.6 Å². The third kappa shape index (κ3) is 7.38. The van der Waals surface area contributed by atoms with Gasteiger partial charge in [0.15, 0.2) is 11.6 Å². The number of carbonyl (C=O) groups is 1. The number of hydrogen-bond donors (Lipinski definition) is 2. The van der Waals surface area contributed by atoms with E-state index in [0.29, 0.717) is 19.4 Å². The number of rotatable bonds is 12. The van der Waals surface area contributed by atoms with Crippen molar-refractivity contribution in [3.63, 3.8) is 0 Å². The van der Waals surface area contributed by atoms with Gasteiger partial charge in [0.2, 0.25) is 0 Å². The van der Waals surface area contributed by atoms with E-state index >= 15 is 0 Å².